The molecule has 2 aromatic heterocycles. The summed E-state index contributed by atoms with van der Waals surface area (Å²) in [5.74, 6) is -2.17. The lowest BCUT2D eigenvalue weighted by Crippen LogP contribution is -2.02. The molecular formula is C15H11F3N4. The van der Waals surface area contributed by atoms with Crippen LogP contribution in [0.5, 0.6) is 0 Å². The summed E-state index contributed by atoms with van der Waals surface area (Å²) >= 11 is 0. The lowest BCUT2D eigenvalue weighted by molar-refractivity contribution is 0.590. The van der Waals surface area contributed by atoms with Gasteiger partial charge in [-0.25, -0.2) is 18.2 Å². The Morgan fingerprint density at radius 2 is 2.00 bits per heavy atom. The van der Waals surface area contributed by atoms with Crippen LogP contribution >= 0.6 is 0 Å². The van der Waals surface area contributed by atoms with Crippen LogP contribution in [0.3, 0.4) is 0 Å². The summed E-state index contributed by atoms with van der Waals surface area (Å²) < 4.78 is 41.0. The topological polar surface area (TPSA) is 67.6 Å². The maximum absolute atomic E-state index is 13.9. The highest BCUT2D eigenvalue weighted by Gasteiger charge is 2.17. The Morgan fingerprint density at radius 3 is 2.73 bits per heavy atom. The molecule has 0 saturated carbocycles. The Kier molecular flexibility index (Phi) is 3.32. The Labute approximate surface area is 123 Å². The van der Waals surface area contributed by atoms with Crippen molar-refractivity contribution in [1.82, 2.24) is 15.2 Å². The highest BCUT2D eigenvalue weighted by Crippen LogP contribution is 2.29. The summed E-state index contributed by atoms with van der Waals surface area (Å²) in [7, 11) is 0. The summed E-state index contributed by atoms with van der Waals surface area (Å²) in [6, 6.07) is 3.16. The number of benzene rings is 1. The normalized spacial score (nSPS) is 11.0. The van der Waals surface area contributed by atoms with Crippen LogP contribution in [0.25, 0.3) is 22.3 Å². The number of hydrogen-bond donors (Lipinski definition) is 2. The van der Waals surface area contributed by atoms with Crippen LogP contribution in [0.15, 0.2) is 30.9 Å². The molecule has 7 heteroatoms. The second-order valence-electron chi connectivity index (χ2n) is 4.73. The van der Waals surface area contributed by atoms with Crippen molar-refractivity contribution in [3.63, 3.8) is 0 Å². The first-order valence-corrected chi connectivity index (χ1v) is 6.40. The molecular weight excluding hydrogens is 293 g/mol. The zero-order chi connectivity index (χ0) is 15.9. The van der Waals surface area contributed by atoms with Gasteiger partial charge in [0.1, 0.15) is 11.3 Å². The number of allylic oxidation sites excluding steroid dienone is 1. The third-order valence-corrected chi connectivity index (χ3v) is 3.23. The lowest BCUT2D eigenvalue weighted by atomic mass is 10.1. The van der Waals surface area contributed by atoms with Gasteiger partial charge in [-0.2, -0.15) is 5.10 Å². The fourth-order valence-corrected chi connectivity index (χ4v) is 2.24. The third-order valence-electron chi connectivity index (χ3n) is 3.23. The Hall–Kier alpha value is -2.83. The first kappa shape index (κ1) is 14.1. The Bertz CT molecular complexity index is 886. The monoisotopic (exact) mass is 304 g/mol. The molecule has 2 heterocycles. The largest absolute Gasteiger partial charge is 0.396 e. The van der Waals surface area contributed by atoms with Gasteiger partial charge in [0.25, 0.3) is 0 Å². The summed E-state index contributed by atoms with van der Waals surface area (Å²) in [6.07, 6.45) is 1.66. The van der Waals surface area contributed by atoms with E-state index in [2.05, 4.69) is 21.8 Å². The highest BCUT2D eigenvalue weighted by molar-refractivity contribution is 5.92. The second-order valence-corrected chi connectivity index (χ2v) is 4.73. The number of aromatic amines is 1. The molecule has 0 unspecified atom stereocenters. The molecule has 0 amide bonds. The molecule has 0 aliphatic heterocycles. The molecule has 0 atom stereocenters. The van der Waals surface area contributed by atoms with Crippen LogP contribution in [0.2, 0.25) is 0 Å². The van der Waals surface area contributed by atoms with Crippen molar-refractivity contribution >= 4 is 16.6 Å². The molecule has 0 bridgehead atoms. The van der Waals surface area contributed by atoms with E-state index in [1.54, 1.807) is 0 Å². The first-order valence-electron chi connectivity index (χ1n) is 6.40. The maximum atomic E-state index is 13.9. The minimum atomic E-state index is -0.793. The van der Waals surface area contributed by atoms with Gasteiger partial charge in [0.05, 0.1) is 22.8 Å². The number of nitrogens with one attached hydrogen (secondary N) is 1. The SMILES string of the molecule is C=CCc1nc(-c2[nH]nc3c(F)cc(F)cc23)cc(N)c1F. The molecule has 0 saturated heterocycles. The van der Waals surface area contributed by atoms with E-state index in [0.717, 1.165) is 12.1 Å². The van der Waals surface area contributed by atoms with Gasteiger partial charge < -0.3 is 5.73 Å². The van der Waals surface area contributed by atoms with Gasteiger partial charge in [0, 0.05) is 17.9 Å². The van der Waals surface area contributed by atoms with Gasteiger partial charge >= 0.3 is 0 Å². The summed E-state index contributed by atoms with van der Waals surface area (Å²) in [6.45, 7) is 3.53. The predicted molar refractivity (Wildman–Crippen MR) is 77.5 cm³/mol. The van der Waals surface area contributed by atoms with Crippen LogP contribution in [0, 0.1) is 17.5 Å². The average molecular weight is 304 g/mol. The quantitative estimate of drug-likeness (QED) is 0.729. The lowest BCUT2D eigenvalue weighted by Gasteiger charge is -2.06. The molecule has 0 radical (unpaired) electrons. The number of fused-ring (bicyclic) bond motifs is 1. The molecule has 0 fully saturated rings. The molecule has 112 valence electrons. The molecule has 3 aromatic rings. The highest BCUT2D eigenvalue weighted by atomic mass is 19.1. The number of nitrogen functional groups attached to an aromatic ring is 1. The number of aromatic nitrogens is 3. The van der Waals surface area contributed by atoms with Crippen molar-refractivity contribution < 1.29 is 13.2 Å². The van der Waals surface area contributed by atoms with Crippen molar-refractivity contribution in [3.8, 4) is 11.4 Å². The molecule has 3 rings (SSSR count). The molecule has 22 heavy (non-hydrogen) atoms. The van der Waals surface area contributed by atoms with E-state index in [4.69, 9.17) is 5.73 Å². The van der Waals surface area contributed by atoms with Crippen molar-refractivity contribution in [3.05, 3.63) is 54.0 Å². The van der Waals surface area contributed by atoms with Gasteiger partial charge in [-0.05, 0) is 12.1 Å². The molecule has 0 aliphatic rings. The molecule has 3 N–H and O–H groups in total. The number of hydrogen-bond acceptors (Lipinski definition) is 3. The number of rotatable bonds is 3. The van der Waals surface area contributed by atoms with Crippen LogP contribution in [0.1, 0.15) is 5.69 Å². The standard InChI is InChI=1S/C15H11F3N4/c1-2-3-11-13(18)10(19)6-12(20-11)15-8-4-7(16)5-9(17)14(8)21-22-15/h2,4-6H,1,3H2,(H2,19,20)(H,21,22). The van der Waals surface area contributed by atoms with Crippen molar-refractivity contribution in [1.29, 1.82) is 0 Å². The van der Waals surface area contributed by atoms with Gasteiger partial charge in [-0.15, -0.1) is 6.58 Å². The van der Waals surface area contributed by atoms with E-state index >= 15 is 0 Å². The van der Waals surface area contributed by atoms with E-state index in [-0.39, 0.29) is 40.1 Å². The van der Waals surface area contributed by atoms with Gasteiger partial charge in [-0.1, -0.05) is 6.08 Å². The van der Waals surface area contributed by atoms with Crippen LogP contribution < -0.4 is 5.73 Å². The number of anilines is 1. The van der Waals surface area contributed by atoms with Crippen molar-refractivity contribution in [2.45, 2.75) is 6.42 Å². The fraction of sp³-hybridized carbons (Fsp3) is 0.0667. The summed E-state index contributed by atoms with van der Waals surface area (Å²) in [4.78, 5) is 4.13. The molecule has 4 nitrogen and oxygen atoms in total. The number of pyridine rings is 1. The van der Waals surface area contributed by atoms with Crippen molar-refractivity contribution in [2.24, 2.45) is 0 Å². The molecule has 0 spiro atoms. The zero-order valence-electron chi connectivity index (χ0n) is 11.3. The number of nitrogens with two attached hydrogens (primary N) is 1. The van der Waals surface area contributed by atoms with Crippen LogP contribution in [-0.4, -0.2) is 15.2 Å². The second kappa shape index (κ2) is 5.18. The Morgan fingerprint density at radius 1 is 1.23 bits per heavy atom. The van der Waals surface area contributed by atoms with Gasteiger partial charge in [0.15, 0.2) is 11.6 Å². The van der Waals surface area contributed by atoms with Crippen LogP contribution in [-0.2, 0) is 6.42 Å². The number of nitrogens with zero attached hydrogens (tertiary/aromatic N) is 2. The van der Waals surface area contributed by atoms with Gasteiger partial charge in [-0.3, -0.25) is 5.10 Å². The van der Waals surface area contributed by atoms with Crippen molar-refractivity contribution in [2.75, 3.05) is 5.73 Å². The van der Waals surface area contributed by atoms with Crippen LogP contribution in [0.4, 0.5) is 18.9 Å². The number of halogens is 3. The third kappa shape index (κ3) is 2.20. The Balaban J connectivity index is 2.25. The first-order chi connectivity index (χ1) is 10.5. The van der Waals surface area contributed by atoms with E-state index < -0.39 is 17.5 Å². The van der Waals surface area contributed by atoms with E-state index in [1.807, 2.05) is 0 Å². The summed E-state index contributed by atoms with van der Waals surface area (Å²) in [5.41, 5.74) is 6.12. The minimum Gasteiger partial charge on any atom is -0.396 e. The minimum absolute atomic E-state index is 0.0219. The molecule has 0 aliphatic carbocycles. The number of H-pyrrole nitrogens is 1. The van der Waals surface area contributed by atoms with Gasteiger partial charge in [0.2, 0.25) is 0 Å². The summed E-state index contributed by atoms with van der Waals surface area (Å²) in [5, 5.41) is 6.60. The fourth-order valence-electron chi connectivity index (χ4n) is 2.24. The smallest absolute Gasteiger partial charge is 0.167 e. The average Bonchev–Trinajstić information content (AvgIpc) is 2.88. The van der Waals surface area contributed by atoms with E-state index in [0.29, 0.717) is 0 Å². The zero-order valence-corrected chi connectivity index (χ0v) is 11.3. The maximum Gasteiger partial charge on any atom is 0.167 e. The molecule has 1 aromatic carbocycles. The van der Waals surface area contributed by atoms with E-state index in [9.17, 15) is 13.2 Å². The predicted octanol–water partition coefficient (Wildman–Crippen LogP) is 3.35. The van der Waals surface area contributed by atoms with E-state index in [1.165, 1.54) is 12.1 Å².